The first kappa shape index (κ1) is 15.7. The van der Waals surface area contributed by atoms with Gasteiger partial charge in [0.15, 0.2) is 0 Å². The van der Waals surface area contributed by atoms with Crippen molar-refractivity contribution in [3.05, 3.63) is 34.6 Å². The van der Waals surface area contributed by atoms with Crippen molar-refractivity contribution >= 4 is 11.6 Å². The zero-order chi connectivity index (χ0) is 14.7. The SMILES string of the molecule is CC(C)N1CCOC(C(N)Cc2ccc(F)c(Cl)c2)C1. The van der Waals surface area contributed by atoms with E-state index in [2.05, 4.69) is 18.7 Å². The molecule has 0 radical (unpaired) electrons. The number of rotatable bonds is 4. The molecule has 1 aromatic rings. The van der Waals surface area contributed by atoms with E-state index >= 15 is 0 Å². The van der Waals surface area contributed by atoms with Crippen LogP contribution in [0.25, 0.3) is 0 Å². The molecule has 1 saturated heterocycles. The number of ether oxygens (including phenoxy) is 1. The van der Waals surface area contributed by atoms with Crippen LogP contribution >= 0.6 is 11.6 Å². The van der Waals surface area contributed by atoms with Gasteiger partial charge < -0.3 is 10.5 Å². The molecule has 2 rings (SSSR count). The van der Waals surface area contributed by atoms with Gasteiger partial charge in [0.1, 0.15) is 5.82 Å². The van der Waals surface area contributed by atoms with Gasteiger partial charge in [-0.1, -0.05) is 17.7 Å². The van der Waals surface area contributed by atoms with Crippen LogP contribution in [0.4, 0.5) is 4.39 Å². The number of hydrogen-bond acceptors (Lipinski definition) is 3. The Bertz CT molecular complexity index is 455. The second-order valence-electron chi connectivity index (χ2n) is 5.61. The van der Waals surface area contributed by atoms with E-state index in [-0.39, 0.29) is 17.2 Å². The Labute approximate surface area is 124 Å². The van der Waals surface area contributed by atoms with E-state index in [0.29, 0.717) is 19.1 Å². The highest BCUT2D eigenvalue weighted by Gasteiger charge is 2.27. The number of nitrogens with zero attached hydrogens (tertiary/aromatic N) is 1. The minimum absolute atomic E-state index is 0.00924. The van der Waals surface area contributed by atoms with Crippen LogP contribution in [0.2, 0.25) is 5.02 Å². The summed E-state index contributed by atoms with van der Waals surface area (Å²) < 4.78 is 18.9. The summed E-state index contributed by atoms with van der Waals surface area (Å²) in [4.78, 5) is 2.37. The molecule has 0 amide bonds. The molecule has 1 aliphatic rings. The lowest BCUT2D eigenvalue weighted by molar-refractivity contribution is -0.0495. The summed E-state index contributed by atoms with van der Waals surface area (Å²) in [5.74, 6) is -0.399. The van der Waals surface area contributed by atoms with Gasteiger partial charge >= 0.3 is 0 Å². The molecule has 112 valence electrons. The molecule has 0 bridgehead atoms. The van der Waals surface area contributed by atoms with E-state index in [1.54, 1.807) is 12.1 Å². The predicted octanol–water partition coefficient (Wildman–Crippen LogP) is 2.46. The average Bonchev–Trinajstić information content (AvgIpc) is 2.43. The van der Waals surface area contributed by atoms with Gasteiger partial charge in [0.25, 0.3) is 0 Å². The molecule has 1 aliphatic heterocycles. The van der Waals surface area contributed by atoms with Crippen molar-refractivity contribution in [1.82, 2.24) is 4.90 Å². The van der Waals surface area contributed by atoms with Crippen LogP contribution in [0.1, 0.15) is 19.4 Å². The molecular weight excluding hydrogens is 279 g/mol. The summed E-state index contributed by atoms with van der Waals surface area (Å²) in [7, 11) is 0. The number of benzene rings is 1. The average molecular weight is 301 g/mol. The largest absolute Gasteiger partial charge is 0.374 e. The molecule has 5 heteroatoms. The fourth-order valence-corrected chi connectivity index (χ4v) is 2.70. The van der Waals surface area contributed by atoms with Crippen LogP contribution in [-0.2, 0) is 11.2 Å². The summed E-state index contributed by atoms with van der Waals surface area (Å²) in [6.07, 6.45) is 0.645. The third kappa shape index (κ3) is 3.92. The number of halogens is 2. The zero-order valence-electron chi connectivity index (χ0n) is 12.0. The normalized spacial score (nSPS) is 22.2. The highest BCUT2D eigenvalue weighted by atomic mass is 35.5. The maximum atomic E-state index is 13.1. The summed E-state index contributed by atoms with van der Waals surface area (Å²) in [6, 6.07) is 5.13. The van der Waals surface area contributed by atoms with Gasteiger partial charge in [-0.3, -0.25) is 4.90 Å². The molecule has 20 heavy (non-hydrogen) atoms. The van der Waals surface area contributed by atoms with Gasteiger partial charge in [-0.15, -0.1) is 0 Å². The fraction of sp³-hybridized carbons (Fsp3) is 0.600. The molecule has 1 fully saturated rings. The molecule has 0 spiro atoms. The second-order valence-corrected chi connectivity index (χ2v) is 6.02. The van der Waals surface area contributed by atoms with Crippen molar-refractivity contribution in [2.45, 2.75) is 38.5 Å². The molecule has 1 heterocycles. The summed E-state index contributed by atoms with van der Waals surface area (Å²) >= 11 is 5.79. The Morgan fingerprint density at radius 3 is 2.90 bits per heavy atom. The van der Waals surface area contributed by atoms with E-state index in [0.717, 1.165) is 18.7 Å². The van der Waals surface area contributed by atoms with Crippen LogP contribution in [0, 0.1) is 5.82 Å². The van der Waals surface area contributed by atoms with Crippen LogP contribution in [0.3, 0.4) is 0 Å². The van der Waals surface area contributed by atoms with E-state index in [1.165, 1.54) is 6.07 Å². The van der Waals surface area contributed by atoms with Gasteiger partial charge in [0.05, 0.1) is 17.7 Å². The third-order valence-electron chi connectivity index (χ3n) is 3.79. The van der Waals surface area contributed by atoms with Crippen molar-refractivity contribution in [1.29, 1.82) is 0 Å². The highest BCUT2D eigenvalue weighted by Crippen LogP contribution is 2.19. The Morgan fingerprint density at radius 1 is 1.50 bits per heavy atom. The van der Waals surface area contributed by atoms with Gasteiger partial charge in [0.2, 0.25) is 0 Å². The Hall–Kier alpha value is -0.680. The molecular formula is C15H22ClFN2O. The maximum Gasteiger partial charge on any atom is 0.141 e. The van der Waals surface area contributed by atoms with Gasteiger partial charge in [-0.05, 0) is 38.0 Å². The fourth-order valence-electron chi connectivity index (χ4n) is 2.49. The molecule has 2 N–H and O–H groups in total. The Balaban J connectivity index is 1.96. The Kier molecular flexibility index (Phi) is 5.38. The first-order valence-electron chi connectivity index (χ1n) is 7.02. The van der Waals surface area contributed by atoms with Crippen molar-refractivity contribution < 1.29 is 9.13 Å². The number of hydrogen-bond donors (Lipinski definition) is 1. The summed E-state index contributed by atoms with van der Waals surface area (Å²) in [6.45, 7) is 6.85. The first-order chi connectivity index (χ1) is 9.47. The zero-order valence-corrected chi connectivity index (χ0v) is 12.7. The number of morpholine rings is 1. The monoisotopic (exact) mass is 300 g/mol. The first-order valence-corrected chi connectivity index (χ1v) is 7.40. The van der Waals surface area contributed by atoms with Gasteiger partial charge in [0, 0.05) is 25.2 Å². The highest BCUT2D eigenvalue weighted by molar-refractivity contribution is 6.30. The van der Waals surface area contributed by atoms with Crippen LogP contribution < -0.4 is 5.73 Å². The molecule has 0 saturated carbocycles. The minimum Gasteiger partial charge on any atom is -0.374 e. The minimum atomic E-state index is -0.399. The van der Waals surface area contributed by atoms with Crippen molar-refractivity contribution in [2.75, 3.05) is 19.7 Å². The van der Waals surface area contributed by atoms with E-state index in [1.807, 2.05) is 0 Å². The molecule has 2 atom stereocenters. The lowest BCUT2D eigenvalue weighted by atomic mass is 10.0. The lowest BCUT2D eigenvalue weighted by Crippen LogP contribution is -2.53. The van der Waals surface area contributed by atoms with Gasteiger partial charge in [-0.2, -0.15) is 0 Å². The molecule has 2 unspecified atom stereocenters. The topological polar surface area (TPSA) is 38.5 Å². The van der Waals surface area contributed by atoms with E-state index < -0.39 is 5.82 Å². The molecule has 1 aromatic carbocycles. The third-order valence-corrected chi connectivity index (χ3v) is 4.08. The van der Waals surface area contributed by atoms with Crippen LogP contribution in [0.5, 0.6) is 0 Å². The standard InChI is InChI=1S/C15H22ClFN2O/c1-10(2)19-5-6-20-15(9-19)14(18)8-11-3-4-13(17)12(16)7-11/h3-4,7,10,14-15H,5-6,8-9,18H2,1-2H3. The summed E-state index contributed by atoms with van der Waals surface area (Å²) in [5.41, 5.74) is 7.18. The summed E-state index contributed by atoms with van der Waals surface area (Å²) in [5, 5.41) is 0.142. The van der Waals surface area contributed by atoms with Crippen molar-refractivity contribution in [3.8, 4) is 0 Å². The van der Waals surface area contributed by atoms with E-state index in [9.17, 15) is 4.39 Å². The van der Waals surface area contributed by atoms with Crippen LogP contribution in [0.15, 0.2) is 18.2 Å². The van der Waals surface area contributed by atoms with Crippen LogP contribution in [-0.4, -0.2) is 42.8 Å². The molecule has 0 aromatic heterocycles. The second kappa shape index (κ2) is 6.85. The van der Waals surface area contributed by atoms with Gasteiger partial charge in [-0.25, -0.2) is 4.39 Å². The smallest absolute Gasteiger partial charge is 0.141 e. The molecule has 3 nitrogen and oxygen atoms in total. The number of nitrogens with two attached hydrogens (primary N) is 1. The predicted molar refractivity (Wildman–Crippen MR) is 79.5 cm³/mol. The molecule has 0 aliphatic carbocycles. The Morgan fingerprint density at radius 2 is 2.25 bits per heavy atom. The quantitative estimate of drug-likeness (QED) is 0.928. The van der Waals surface area contributed by atoms with E-state index in [4.69, 9.17) is 22.1 Å². The maximum absolute atomic E-state index is 13.1. The lowest BCUT2D eigenvalue weighted by Gasteiger charge is -2.38. The van der Waals surface area contributed by atoms with Crippen molar-refractivity contribution in [2.24, 2.45) is 5.73 Å². The van der Waals surface area contributed by atoms with Crippen molar-refractivity contribution in [3.63, 3.8) is 0 Å².